The summed E-state index contributed by atoms with van der Waals surface area (Å²) in [5.74, 6) is -0.845. The number of nitriles is 1. The summed E-state index contributed by atoms with van der Waals surface area (Å²) >= 11 is 0. The fraction of sp³-hybridized carbons (Fsp3) is 0.263. The zero-order valence-corrected chi connectivity index (χ0v) is 13.1. The second kappa shape index (κ2) is 8.00. The largest absolute Gasteiger partial charge is 0.480 e. The average Bonchev–Trinajstić information content (AvgIpc) is 2.59. The molecule has 0 spiro atoms. The van der Waals surface area contributed by atoms with Crippen molar-refractivity contribution in [3.63, 3.8) is 0 Å². The molecule has 0 aliphatic heterocycles. The van der Waals surface area contributed by atoms with Gasteiger partial charge in [-0.25, -0.2) is 4.79 Å². The van der Waals surface area contributed by atoms with E-state index in [0.717, 1.165) is 17.7 Å². The van der Waals surface area contributed by atoms with Gasteiger partial charge in [0.2, 0.25) is 0 Å². The van der Waals surface area contributed by atoms with E-state index in [2.05, 4.69) is 6.07 Å². The number of carboxylic acids is 1. The zero-order valence-electron chi connectivity index (χ0n) is 13.1. The van der Waals surface area contributed by atoms with Crippen LogP contribution in [-0.4, -0.2) is 23.7 Å². The maximum absolute atomic E-state index is 11.6. The number of carboxylic acid groups (broad SMARTS) is 1. The second-order valence-electron chi connectivity index (χ2n) is 5.35. The van der Waals surface area contributed by atoms with Gasteiger partial charge in [-0.2, -0.15) is 5.26 Å². The Balaban J connectivity index is 2.27. The molecule has 4 nitrogen and oxygen atoms in total. The molecule has 2 rings (SSSR count). The smallest absolute Gasteiger partial charge is 0.326 e. The maximum Gasteiger partial charge on any atom is 0.326 e. The first-order valence-electron chi connectivity index (χ1n) is 7.69. The molecule has 23 heavy (non-hydrogen) atoms. The number of anilines is 1. The van der Waals surface area contributed by atoms with Crippen LogP contribution < -0.4 is 4.90 Å². The molecule has 0 saturated heterocycles. The number of rotatable bonds is 7. The normalized spacial score (nSPS) is 11.5. The lowest BCUT2D eigenvalue weighted by molar-refractivity contribution is -0.138. The lowest BCUT2D eigenvalue weighted by Gasteiger charge is -2.30. The topological polar surface area (TPSA) is 64.3 Å². The van der Waals surface area contributed by atoms with Crippen molar-refractivity contribution in [1.29, 1.82) is 5.26 Å². The van der Waals surface area contributed by atoms with Crippen molar-refractivity contribution in [3.8, 4) is 6.07 Å². The predicted molar refractivity (Wildman–Crippen MR) is 90.4 cm³/mol. The molecular weight excluding hydrogens is 288 g/mol. The van der Waals surface area contributed by atoms with E-state index in [-0.39, 0.29) is 0 Å². The Bertz CT molecular complexity index is 692. The minimum absolute atomic E-state index is 0.501. The highest BCUT2D eigenvalue weighted by atomic mass is 16.4. The molecule has 0 radical (unpaired) electrons. The van der Waals surface area contributed by atoms with Crippen molar-refractivity contribution in [2.45, 2.75) is 25.8 Å². The monoisotopic (exact) mass is 308 g/mol. The predicted octanol–water partition coefficient (Wildman–Crippen LogP) is 3.47. The lowest BCUT2D eigenvalue weighted by Crippen LogP contribution is -2.42. The molecule has 4 heteroatoms. The molecule has 0 bridgehead atoms. The highest BCUT2D eigenvalue weighted by Crippen LogP contribution is 2.21. The first-order valence-corrected chi connectivity index (χ1v) is 7.69. The highest BCUT2D eigenvalue weighted by molar-refractivity contribution is 5.78. The summed E-state index contributed by atoms with van der Waals surface area (Å²) in [6.45, 7) is 2.45. The highest BCUT2D eigenvalue weighted by Gasteiger charge is 2.24. The van der Waals surface area contributed by atoms with Crippen LogP contribution in [0, 0.1) is 11.3 Å². The Kier molecular flexibility index (Phi) is 5.76. The van der Waals surface area contributed by atoms with Gasteiger partial charge in [0.15, 0.2) is 0 Å². The van der Waals surface area contributed by atoms with Crippen molar-refractivity contribution in [1.82, 2.24) is 0 Å². The summed E-state index contributed by atoms with van der Waals surface area (Å²) in [4.78, 5) is 13.5. The molecule has 0 saturated carbocycles. The molecule has 1 unspecified atom stereocenters. The van der Waals surface area contributed by atoms with Gasteiger partial charge in [-0.15, -0.1) is 0 Å². The minimum Gasteiger partial charge on any atom is -0.480 e. The summed E-state index contributed by atoms with van der Waals surface area (Å²) in [5, 5.41) is 18.6. The fourth-order valence-corrected chi connectivity index (χ4v) is 2.64. The Labute approximate surface area is 136 Å². The van der Waals surface area contributed by atoms with Crippen LogP contribution in [0.3, 0.4) is 0 Å². The van der Waals surface area contributed by atoms with E-state index in [1.165, 1.54) is 0 Å². The van der Waals surface area contributed by atoms with Gasteiger partial charge >= 0.3 is 5.97 Å². The van der Waals surface area contributed by atoms with Crippen LogP contribution in [0.5, 0.6) is 0 Å². The van der Waals surface area contributed by atoms with E-state index in [1.54, 1.807) is 18.2 Å². The molecule has 0 fully saturated rings. The number of carbonyl (C=O) groups is 1. The van der Waals surface area contributed by atoms with Gasteiger partial charge in [-0.1, -0.05) is 43.3 Å². The number of nitrogens with zero attached hydrogens (tertiary/aromatic N) is 2. The molecule has 1 N–H and O–H groups in total. The molecule has 0 amide bonds. The van der Waals surface area contributed by atoms with Crippen molar-refractivity contribution in [2.75, 3.05) is 11.4 Å². The molecule has 1 atom stereocenters. The second-order valence-corrected chi connectivity index (χ2v) is 5.35. The zero-order chi connectivity index (χ0) is 16.7. The van der Waals surface area contributed by atoms with Crippen molar-refractivity contribution in [3.05, 3.63) is 65.7 Å². The number of hydrogen-bond donors (Lipinski definition) is 1. The van der Waals surface area contributed by atoms with Crippen LogP contribution in [0.25, 0.3) is 0 Å². The van der Waals surface area contributed by atoms with Gasteiger partial charge in [-0.3, -0.25) is 0 Å². The molecule has 0 aliphatic rings. The molecule has 118 valence electrons. The fourth-order valence-electron chi connectivity index (χ4n) is 2.64. The van der Waals surface area contributed by atoms with Crippen LogP contribution >= 0.6 is 0 Å². The quantitative estimate of drug-likeness (QED) is 0.850. The number of aliphatic carboxylic acids is 1. The first-order chi connectivity index (χ1) is 11.2. The number of hydrogen-bond acceptors (Lipinski definition) is 3. The van der Waals surface area contributed by atoms with Gasteiger partial charge in [-0.05, 0) is 36.6 Å². The third-order valence-corrected chi connectivity index (χ3v) is 3.84. The van der Waals surface area contributed by atoms with E-state index < -0.39 is 12.0 Å². The van der Waals surface area contributed by atoms with Crippen LogP contribution in [0.2, 0.25) is 0 Å². The van der Waals surface area contributed by atoms with Gasteiger partial charge in [0.05, 0.1) is 11.6 Å². The van der Waals surface area contributed by atoms with Crippen molar-refractivity contribution in [2.24, 2.45) is 0 Å². The molecule has 0 aliphatic carbocycles. The van der Waals surface area contributed by atoms with Crippen LogP contribution in [0.15, 0.2) is 54.6 Å². The van der Waals surface area contributed by atoms with E-state index in [1.807, 2.05) is 48.2 Å². The average molecular weight is 308 g/mol. The third kappa shape index (κ3) is 4.33. The van der Waals surface area contributed by atoms with Gasteiger partial charge in [0.1, 0.15) is 6.04 Å². The molecule has 2 aromatic carbocycles. The minimum atomic E-state index is -0.845. The van der Waals surface area contributed by atoms with Crippen LogP contribution in [0.1, 0.15) is 24.5 Å². The summed E-state index contributed by atoms with van der Waals surface area (Å²) in [6.07, 6.45) is 1.25. The van der Waals surface area contributed by atoms with Crippen LogP contribution in [0.4, 0.5) is 5.69 Å². The summed E-state index contributed by atoms with van der Waals surface area (Å²) in [6, 6.07) is 18.6. The molecule has 0 heterocycles. The van der Waals surface area contributed by atoms with Crippen molar-refractivity contribution >= 4 is 11.7 Å². The van der Waals surface area contributed by atoms with E-state index in [9.17, 15) is 9.90 Å². The molecular formula is C19H20N2O2. The third-order valence-electron chi connectivity index (χ3n) is 3.84. The standard InChI is InChI=1S/C19H20N2O2/c1-2-18(19(22)23)21(12-11-15-7-4-3-5-8-15)17-10-6-9-16(13-17)14-20/h3-10,13,18H,2,11-12H2,1H3,(H,22,23). The summed E-state index contributed by atoms with van der Waals surface area (Å²) < 4.78 is 0. The summed E-state index contributed by atoms with van der Waals surface area (Å²) in [5.41, 5.74) is 2.47. The Morgan fingerprint density at radius 1 is 1.22 bits per heavy atom. The van der Waals surface area contributed by atoms with Gasteiger partial charge in [0.25, 0.3) is 0 Å². The lowest BCUT2D eigenvalue weighted by atomic mass is 10.1. The van der Waals surface area contributed by atoms with Gasteiger partial charge in [0, 0.05) is 12.2 Å². The van der Waals surface area contributed by atoms with Gasteiger partial charge < -0.3 is 10.0 Å². The van der Waals surface area contributed by atoms with E-state index in [4.69, 9.17) is 5.26 Å². The number of benzene rings is 2. The SMILES string of the molecule is CCC(C(=O)O)N(CCc1ccccc1)c1cccc(C#N)c1. The van der Waals surface area contributed by atoms with Crippen LogP contribution in [-0.2, 0) is 11.2 Å². The van der Waals surface area contributed by atoms with E-state index >= 15 is 0 Å². The Morgan fingerprint density at radius 3 is 2.57 bits per heavy atom. The Morgan fingerprint density at radius 2 is 1.96 bits per heavy atom. The first kappa shape index (κ1) is 16.6. The maximum atomic E-state index is 11.6. The van der Waals surface area contributed by atoms with Crippen molar-refractivity contribution < 1.29 is 9.90 Å². The van der Waals surface area contributed by atoms with E-state index in [0.29, 0.717) is 18.5 Å². The molecule has 0 aromatic heterocycles. The summed E-state index contributed by atoms with van der Waals surface area (Å²) in [7, 11) is 0. The Hall–Kier alpha value is -2.80. The molecule has 2 aromatic rings.